The average molecular weight is 467 g/mol. The smallest absolute Gasteiger partial charge is 0.160 e. The fourth-order valence-corrected chi connectivity index (χ4v) is 5.49. The van der Waals surface area contributed by atoms with Crippen molar-refractivity contribution in [2.75, 3.05) is 0 Å². The molecule has 4 aromatic rings. The number of hydrogen-bond donors (Lipinski definition) is 3. The third-order valence-corrected chi connectivity index (χ3v) is 7.19. The first-order chi connectivity index (χ1) is 17.1. The van der Waals surface area contributed by atoms with Gasteiger partial charge in [0.1, 0.15) is 12.2 Å². The Labute approximate surface area is 206 Å². The van der Waals surface area contributed by atoms with Crippen LogP contribution in [-0.4, -0.2) is 39.9 Å². The summed E-state index contributed by atoms with van der Waals surface area (Å²) in [5.74, 6) is -0.558. The minimum atomic E-state index is -1.19. The monoisotopic (exact) mass is 466 g/mol. The molecule has 0 amide bonds. The molecule has 0 bridgehead atoms. The van der Waals surface area contributed by atoms with E-state index in [2.05, 4.69) is 0 Å². The van der Waals surface area contributed by atoms with Crippen LogP contribution < -0.4 is 0 Å². The molecule has 0 aliphatic carbocycles. The lowest BCUT2D eigenvalue weighted by molar-refractivity contribution is -0.143. The van der Waals surface area contributed by atoms with E-state index in [0.29, 0.717) is 6.42 Å². The van der Waals surface area contributed by atoms with E-state index in [-0.39, 0.29) is 0 Å². The molecular formula is C31H30O4. The first-order valence-corrected chi connectivity index (χ1v) is 12.0. The molecule has 35 heavy (non-hydrogen) atoms. The SMILES string of the molecule is OC([C@H]1O[C@H](O)[C@@H](Cc2ccccc2)[C@@H]1O)C(c1ccccc1)(c1ccccc1)c1ccccc1. The van der Waals surface area contributed by atoms with Gasteiger partial charge >= 0.3 is 0 Å². The highest BCUT2D eigenvalue weighted by Crippen LogP contribution is 2.46. The van der Waals surface area contributed by atoms with Crippen LogP contribution >= 0.6 is 0 Å². The van der Waals surface area contributed by atoms with Crippen LogP contribution in [0.5, 0.6) is 0 Å². The van der Waals surface area contributed by atoms with Gasteiger partial charge in [0, 0.05) is 5.92 Å². The molecular weight excluding hydrogens is 436 g/mol. The van der Waals surface area contributed by atoms with Gasteiger partial charge in [-0.2, -0.15) is 0 Å². The number of rotatable bonds is 7. The molecule has 3 N–H and O–H groups in total. The van der Waals surface area contributed by atoms with Gasteiger partial charge in [-0.3, -0.25) is 0 Å². The molecule has 4 nitrogen and oxygen atoms in total. The van der Waals surface area contributed by atoms with Crippen molar-refractivity contribution in [2.45, 2.75) is 36.4 Å². The minimum Gasteiger partial charge on any atom is -0.390 e. The molecule has 0 saturated carbocycles. The number of benzene rings is 4. The highest BCUT2D eigenvalue weighted by molar-refractivity contribution is 5.52. The molecule has 1 saturated heterocycles. The largest absolute Gasteiger partial charge is 0.390 e. The lowest BCUT2D eigenvalue weighted by Crippen LogP contribution is -2.52. The zero-order valence-corrected chi connectivity index (χ0v) is 19.4. The van der Waals surface area contributed by atoms with E-state index in [1.54, 1.807) is 0 Å². The summed E-state index contributed by atoms with van der Waals surface area (Å²) in [5.41, 5.74) is 2.59. The zero-order valence-electron chi connectivity index (χ0n) is 19.4. The van der Waals surface area contributed by atoms with Gasteiger partial charge in [-0.05, 0) is 28.7 Å². The van der Waals surface area contributed by atoms with E-state index in [9.17, 15) is 15.3 Å². The molecule has 1 unspecified atom stereocenters. The molecule has 4 aromatic carbocycles. The van der Waals surface area contributed by atoms with Crippen molar-refractivity contribution in [3.05, 3.63) is 144 Å². The topological polar surface area (TPSA) is 69.9 Å². The third-order valence-electron chi connectivity index (χ3n) is 7.19. The van der Waals surface area contributed by atoms with Gasteiger partial charge < -0.3 is 20.1 Å². The summed E-state index contributed by atoms with van der Waals surface area (Å²) >= 11 is 0. The summed E-state index contributed by atoms with van der Waals surface area (Å²) in [5, 5.41) is 34.4. The van der Waals surface area contributed by atoms with Crippen molar-refractivity contribution in [1.29, 1.82) is 0 Å². The molecule has 0 spiro atoms. The quantitative estimate of drug-likeness (QED) is 0.355. The fraction of sp³-hybridized carbons (Fsp3) is 0.226. The van der Waals surface area contributed by atoms with Crippen molar-refractivity contribution < 1.29 is 20.1 Å². The number of aliphatic hydroxyl groups excluding tert-OH is 3. The second-order valence-corrected chi connectivity index (χ2v) is 9.19. The van der Waals surface area contributed by atoms with Crippen LogP contribution in [0.1, 0.15) is 22.3 Å². The maximum atomic E-state index is 12.2. The fourth-order valence-electron chi connectivity index (χ4n) is 5.49. The van der Waals surface area contributed by atoms with Crippen LogP contribution in [-0.2, 0) is 16.6 Å². The molecule has 4 heteroatoms. The van der Waals surface area contributed by atoms with E-state index in [0.717, 1.165) is 22.3 Å². The summed E-state index contributed by atoms with van der Waals surface area (Å²) in [6, 6.07) is 39.2. The van der Waals surface area contributed by atoms with E-state index < -0.39 is 35.9 Å². The normalized spacial score (nSPS) is 23.2. The summed E-state index contributed by atoms with van der Waals surface area (Å²) in [6.07, 6.45) is -3.98. The zero-order chi connectivity index (χ0) is 24.3. The van der Waals surface area contributed by atoms with Gasteiger partial charge in [-0.15, -0.1) is 0 Å². The molecule has 1 heterocycles. The van der Waals surface area contributed by atoms with Crippen LogP contribution in [0.25, 0.3) is 0 Å². The number of ether oxygens (including phenoxy) is 1. The van der Waals surface area contributed by atoms with Crippen molar-refractivity contribution in [3.8, 4) is 0 Å². The second kappa shape index (κ2) is 10.1. The van der Waals surface area contributed by atoms with Gasteiger partial charge in [-0.1, -0.05) is 121 Å². The van der Waals surface area contributed by atoms with Crippen LogP contribution in [0.2, 0.25) is 0 Å². The van der Waals surface area contributed by atoms with Crippen LogP contribution in [0.15, 0.2) is 121 Å². The van der Waals surface area contributed by atoms with Crippen LogP contribution in [0.3, 0.4) is 0 Å². The Kier molecular flexibility index (Phi) is 6.80. The van der Waals surface area contributed by atoms with Crippen molar-refractivity contribution in [2.24, 2.45) is 5.92 Å². The maximum absolute atomic E-state index is 12.2. The highest BCUT2D eigenvalue weighted by Gasteiger charge is 2.54. The summed E-state index contributed by atoms with van der Waals surface area (Å²) < 4.78 is 5.95. The van der Waals surface area contributed by atoms with Crippen LogP contribution in [0.4, 0.5) is 0 Å². The Morgan fingerprint density at radius 2 is 1.03 bits per heavy atom. The Hall–Kier alpha value is -3.28. The summed E-state index contributed by atoms with van der Waals surface area (Å²) in [7, 11) is 0. The van der Waals surface area contributed by atoms with Gasteiger partial charge in [0.15, 0.2) is 6.29 Å². The molecule has 0 aromatic heterocycles. The van der Waals surface area contributed by atoms with Crippen molar-refractivity contribution in [3.63, 3.8) is 0 Å². The lowest BCUT2D eigenvalue weighted by atomic mass is 9.64. The number of aliphatic hydroxyl groups is 3. The first-order valence-electron chi connectivity index (χ1n) is 12.0. The standard InChI is InChI=1S/C31H30O4/c32-27-26(21-22-13-5-1-6-14-22)30(34)35-28(27)29(33)31(23-15-7-2-8-16-23,24-17-9-3-10-18-24)25-19-11-4-12-20-25/h1-20,26-30,32-34H,21H2/t26-,27-,28-,29?,30-/m0/s1. The van der Waals surface area contributed by atoms with Gasteiger partial charge in [0.05, 0.1) is 11.5 Å². The molecule has 1 fully saturated rings. The predicted octanol–water partition coefficient (Wildman–Crippen LogP) is 4.32. The summed E-state index contributed by atoms with van der Waals surface area (Å²) in [4.78, 5) is 0. The molecule has 1 aliphatic heterocycles. The minimum absolute atomic E-state index is 0.446. The predicted molar refractivity (Wildman–Crippen MR) is 136 cm³/mol. The molecule has 5 atom stereocenters. The average Bonchev–Trinajstić information content (AvgIpc) is 3.20. The van der Waals surface area contributed by atoms with Gasteiger partial charge in [-0.25, -0.2) is 0 Å². The Morgan fingerprint density at radius 3 is 1.46 bits per heavy atom. The Morgan fingerprint density at radius 1 is 0.629 bits per heavy atom. The van der Waals surface area contributed by atoms with Crippen LogP contribution in [0, 0.1) is 5.92 Å². The van der Waals surface area contributed by atoms with E-state index in [4.69, 9.17) is 4.74 Å². The Balaban J connectivity index is 1.62. The summed E-state index contributed by atoms with van der Waals surface area (Å²) in [6.45, 7) is 0. The molecule has 1 aliphatic rings. The van der Waals surface area contributed by atoms with E-state index in [1.807, 2.05) is 121 Å². The van der Waals surface area contributed by atoms with Gasteiger partial charge in [0.2, 0.25) is 0 Å². The van der Waals surface area contributed by atoms with Crippen molar-refractivity contribution >= 4 is 0 Å². The van der Waals surface area contributed by atoms with E-state index in [1.165, 1.54) is 0 Å². The third kappa shape index (κ3) is 4.30. The second-order valence-electron chi connectivity index (χ2n) is 9.19. The molecule has 0 radical (unpaired) electrons. The van der Waals surface area contributed by atoms with Gasteiger partial charge in [0.25, 0.3) is 0 Å². The van der Waals surface area contributed by atoms with Crippen molar-refractivity contribution in [1.82, 2.24) is 0 Å². The Bertz CT molecular complexity index is 1100. The lowest BCUT2D eigenvalue weighted by Gasteiger charge is -2.42. The van der Waals surface area contributed by atoms with E-state index >= 15 is 0 Å². The highest BCUT2D eigenvalue weighted by atomic mass is 16.6. The molecule has 178 valence electrons. The number of hydrogen-bond acceptors (Lipinski definition) is 4. The maximum Gasteiger partial charge on any atom is 0.160 e. The molecule has 5 rings (SSSR count). The first kappa shape index (κ1) is 23.5.